The Balaban J connectivity index is 2.80. The molecule has 0 radical (unpaired) electrons. The lowest BCUT2D eigenvalue weighted by Crippen LogP contribution is -2.33. The zero-order valence-corrected chi connectivity index (χ0v) is 10.2. The van der Waals surface area contributed by atoms with Crippen molar-refractivity contribution in [2.75, 3.05) is 14.2 Å². The van der Waals surface area contributed by atoms with Crippen molar-refractivity contribution >= 4 is 5.97 Å². The third-order valence-corrected chi connectivity index (χ3v) is 2.45. The molecule has 1 rings (SSSR count). The largest absolute Gasteiger partial charge is 0.493 e. The summed E-state index contributed by atoms with van der Waals surface area (Å²) in [5, 5.41) is 11.7. The number of aliphatic carboxylic acids is 1. The second kappa shape index (κ2) is 6.10. The van der Waals surface area contributed by atoms with Crippen LogP contribution in [-0.4, -0.2) is 31.3 Å². The number of ether oxygens (including phenoxy) is 2. The lowest BCUT2D eigenvalue weighted by molar-refractivity contribution is -0.139. The Labute approximate surface area is 100 Å². The molecule has 0 bridgehead atoms. The molecule has 0 aliphatic carbocycles. The van der Waals surface area contributed by atoms with Crippen molar-refractivity contribution in [1.29, 1.82) is 0 Å². The predicted octanol–water partition coefficient (Wildman–Crippen LogP) is 1.27. The number of carboxylic acids is 1. The summed E-state index contributed by atoms with van der Waals surface area (Å²) in [5.74, 6) is 0.377. The average Bonchev–Trinajstić information content (AvgIpc) is 2.34. The van der Waals surface area contributed by atoms with Gasteiger partial charge in [0, 0.05) is 12.1 Å². The maximum atomic E-state index is 10.7. The van der Waals surface area contributed by atoms with Crippen LogP contribution in [0.5, 0.6) is 11.5 Å². The quantitative estimate of drug-likeness (QED) is 0.782. The Bertz CT molecular complexity index is 392. The van der Waals surface area contributed by atoms with E-state index in [4.69, 9.17) is 14.6 Å². The molecule has 1 aromatic rings. The van der Waals surface area contributed by atoms with Gasteiger partial charge in [-0.25, -0.2) is 0 Å². The molecule has 5 nitrogen and oxygen atoms in total. The van der Waals surface area contributed by atoms with Crippen LogP contribution in [0.15, 0.2) is 18.2 Å². The Morgan fingerprint density at radius 2 is 2.12 bits per heavy atom. The molecule has 0 amide bonds. The number of methoxy groups -OCH3 is 2. The Hall–Kier alpha value is -1.75. The first-order valence-corrected chi connectivity index (χ1v) is 5.26. The van der Waals surface area contributed by atoms with Crippen LogP contribution in [-0.2, 0) is 11.3 Å². The van der Waals surface area contributed by atoms with Crippen molar-refractivity contribution in [3.63, 3.8) is 0 Å². The van der Waals surface area contributed by atoms with Gasteiger partial charge >= 0.3 is 5.97 Å². The molecule has 0 heterocycles. The van der Waals surface area contributed by atoms with Crippen LogP contribution in [0.1, 0.15) is 12.5 Å². The molecule has 17 heavy (non-hydrogen) atoms. The van der Waals surface area contributed by atoms with E-state index in [1.807, 2.05) is 12.1 Å². The number of carboxylic acid groups (broad SMARTS) is 1. The maximum Gasteiger partial charge on any atom is 0.320 e. The number of para-hydroxylation sites is 1. The Kier molecular flexibility index (Phi) is 4.78. The normalized spacial score (nSPS) is 11.9. The van der Waals surface area contributed by atoms with Crippen molar-refractivity contribution in [2.45, 2.75) is 19.5 Å². The molecule has 5 heteroatoms. The summed E-state index contributed by atoms with van der Waals surface area (Å²) in [6, 6.07) is 4.89. The van der Waals surface area contributed by atoms with E-state index < -0.39 is 12.0 Å². The fourth-order valence-corrected chi connectivity index (χ4v) is 1.44. The van der Waals surface area contributed by atoms with Crippen LogP contribution in [0.3, 0.4) is 0 Å². The highest BCUT2D eigenvalue weighted by Crippen LogP contribution is 2.30. The lowest BCUT2D eigenvalue weighted by Gasteiger charge is -2.14. The van der Waals surface area contributed by atoms with Crippen molar-refractivity contribution in [3.8, 4) is 11.5 Å². The van der Waals surface area contributed by atoms with Crippen LogP contribution >= 0.6 is 0 Å². The summed E-state index contributed by atoms with van der Waals surface area (Å²) in [6.45, 7) is 2.00. The van der Waals surface area contributed by atoms with E-state index in [-0.39, 0.29) is 0 Å². The minimum absolute atomic E-state index is 0.411. The van der Waals surface area contributed by atoms with E-state index in [9.17, 15) is 4.79 Å². The van der Waals surface area contributed by atoms with Gasteiger partial charge < -0.3 is 19.9 Å². The monoisotopic (exact) mass is 239 g/mol. The second-order valence-corrected chi connectivity index (χ2v) is 3.59. The summed E-state index contributed by atoms with van der Waals surface area (Å²) in [6.07, 6.45) is 0. The van der Waals surface area contributed by atoms with Gasteiger partial charge in [0.1, 0.15) is 6.04 Å². The van der Waals surface area contributed by atoms with Gasteiger partial charge in [0.2, 0.25) is 0 Å². The zero-order chi connectivity index (χ0) is 12.8. The van der Waals surface area contributed by atoms with E-state index >= 15 is 0 Å². The molecule has 2 N–H and O–H groups in total. The number of rotatable bonds is 6. The highest BCUT2D eigenvalue weighted by atomic mass is 16.5. The maximum absolute atomic E-state index is 10.7. The zero-order valence-electron chi connectivity index (χ0n) is 10.2. The topological polar surface area (TPSA) is 67.8 Å². The molecule has 94 valence electrons. The van der Waals surface area contributed by atoms with Gasteiger partial charge in [-0.15, -0.1) is 0 Å². The number of benzene rings is 1. The Morgan fingerprint density at radius 1 is 1.41 bits per heavy atom. The van der Waals surface area contributed by atoms with E-state index in [0.29, 0.717) is 18.0 Å². The number of hydrogen-bond donors (Lipinski definition) is 2. The van der Waals surface area contributed by atoms with Gasteiger partial charge in [0.05, 0.1) is 14.2 Å². The van der Waals surface area contributed by atoms with Gasteiger partial charge in [-0.3, -0.25) is 4.79 Å². The first kappa shape index (κ1) is 13.3. The van der Waals surface area contributed by atoms with Crippen LogP contribution < -0.4 is 14.8 Å². The van der Waals surface area contributed by atoms with Crippen molar-refractivity contribution in [1.82, 2.24) is 5.32 Å². The van der Waals surface area contributed by atoms with Crippen LogP contribution in [0.25, 0.3) is 0 Å². The van der Waals surface area contributed by atoms with Crippen molar-refractivity contribution < 1.29 is 19.4 Å². The first-order chi connectivity index (χ1) is 8.10. The summed E-state index contributed by atoms with van der Waals surface area (Å²) in [4.78, 5) is 10.7. The van der Waals surface area contributed by atoms with E-state index in [1.165, 1.54) is 0 Å². The molecule has 0 unspecified atom stereocenters. The third kappa shape index (κ3) is 3.35. The van der Waals surface area contributed by atoms with Gasteiger partial charge in [-0.2, -0.15) is 0 Å². The van der Waals surface area contributed by atoms with Gasteiger partial charge in [-0.1, -0.05) is 12.1 Å². The molecule has 0 aromatic heterocycles. The van der Waals surface area contributed by atoms with Crippen molar-refractivity contribution in [2.24, 2.45) is 0 Å². The third-order valence-electron chi connectivity index (χ3n) is 2.45. The first-order valence-electron chi connectivity index (χ1n) is 5.26. The van der Waals surface area contributed by atoms with Gasteiger partial charge in [-0.05, 0) is 13.0 Å². The summed E-state index contributed by atoms with van der Waals surface area (Å²) < 4.78 is 10.4. The second-order valence-electron chi connectivity index (χ2n) is 3.59. The van der Waals surface area contributed by atoms with Gasteiger partial charge in [0.15, 0.2) is 11.5 Å². The molecular formula is C12H17NO4. The summed E-state index contributed by atoms with van der Waals surface area (Å²) in [7, 11) is 3.12. The average molecular weight is 239 g/mol. The summed E-state index contributed by atoms with van der Waals surface area (Å²) >= 11 is 0. The molecule has 1 atom stereocenters. The molecular weight excluding hydrogens is 222 g/mol. The fraction of sp³-hybridized carbons (Fsp3) is 0.417. The van der Waals surface area contributed by atoms with Crippen LogP contribution in [0.2, 0.25) is 0 Å². The fourth-order valence-electron chi connectivity index (χ4n) is 1.44. The minimum Gasteiger partial charge on any atom is -0.493 e. The molecule has 0 aliphatic rings. The predicted molar refractivity (Wildman–Crippen MR) is 63.5 cm³/mol. The molecule has 0 fully saturated rings. The standard InChI is InChI=1S/C12H17NO4/c1-8(12(14)15)13-7-9-5-4-6-10(16-2)11(9)17-3/h4-6,8,13H,7H2,1-3H3,(H,14,15)/t8-/m0/s1. The van der Waals surface area contributed by atoms with Crippen LogP contribution in [0.4, 0.5) is 0 Å². The number of hydrogen-bond acceptors (Lipinski definition) is 4. The Morgan fingerprint density at radius 3 is 2.65 bits per heavy atom. The SMILES string of the molecule is COc1cccc(CN[C@@H](C)C(=O)O)c1OC. The number of nitrogens with one attached hydrogen (secondary N) is 1. The van der Waals surface area contributed by atoms with Gasteiger partial charge in [0.25, 0.3) is 0 Å². The van der Waals surface area contributed by atoms with Crippen LogP contribution in [0, 0.1) is 0 Å². The van der Waals surface area contributed by atoms with E-state index in [0.717, 1.165) is 5.56 Å². The molecule has 0 saturated carbocycles. The molecule has 0 spiro atoms. The molecule has 0 saturated heterocycles. The minimum atomic E-state index is -0.883. The molecule has 1 aromatic carbocycles. The highest BCUT2D eigenvalue weighted by molar-refractivity contribution is 5.72. The lowest BCUT2D eigenvalue weighted by atomic mass is 10.1. The van der Waals surface area contributed by atoms with E-state index in [2.05, 4.69) is 5.32 Å². The van der Waals surface area contributed by atoms with E-state index in [1.54, 1.807) is 27.2 Å². The molecule has 0 aliphatic heterocycles. The summed E-state index contributed by atoms with van der Waals surface area (Å²) in [5.41, 5.74) is 0.861. The number of carbonyl (C=O) groups is 1. The smallest absolute Gasteiger partial charge is 0.320 e. The highest BCUT2D eigenvalue weighted by Gasteiger charge is 2.13. The van der Waals surface area contributed by atoms with Crippen molar-refractivity contribution in [3.05, 3.63) is 23.8 Å².